The minimum Gasteiger partial charge on any atom is -0.336 e. The van der Waals surface area contributed by atoms with Crippen molar-refractivity contribution in [1.29, 1.82) is 0 Å². The molecule has 1 heteroatoms. The topological polar surface area (TPSA) is 3.24 Å². The predicted octanol–water partition coefficient (Wildman–Crippen LogP) is 2.34. The molecule has 0 bridgehead atoms. The maximum atomic E-state index is 3.01. The number of hydrogen-bond acceptors (Lipinski definition) is 1. The highest BCUT2D eigenvalue weighted by Gasteiger charge is 1.98. The minimum absolute atomic E-state index is 0.830. The first-order valence-corrected chi connectivity index (χ1v) is 4.34. The molecule has 0 aromatic heterocycles. The molecule has 0 radical (unpaired) electrons. The summed E-state index contributed by atoms with van der Waals surface area (Å²) in [6, 6.07) is 3.01. The lowest BCUT2D eigenvalue weighted by Crippen LogP contribution is -2.15. The molecular formula is C10H19N. The van der Waals surface area contributed by atoms with Gasteiger partial charge < -0.3 is 4.90 Å². The van der Waals surface area contributed by atoms with Crippen molar-refractivity contribution in [1.82, 2.24) is 4.90 Å². The van der Waals surface area contributed by atoms with E-state index >= 15 is 0 Å². The Hall–Kier alpha value is -0.640. The quantitative estimate of drug-likeness (QED) is 0.442. The maximum absolute atomic E-state index is 3.01. The highest BCUT2D eigenvalue weighted by molar-refractivity contribution is 4.93. The molecule has 0 rings (SSSR count). The van der Waals surface area contributed by atoms with Gasteiger partial charge in [-0.1, -0.05) is 26.2 Å². The molecule has 0 aliphatic rings. The summed E-state index contributed by atoms with van der Waals surface area (Å²) in [6.07, 6.45) is 2.52. The van der Waals surface area contributed by atoms with Crippen LogP contribution >= 0.6 is 0 Å². The first-order chi connectivity index (χ1) is 5.20. The van der Waals surface area contributed by atoms with Gasteiger partial charge in [-0.3, -0.25) is 0 Å². The Morgan fingerprint density at radius 3 is 2.55 bits per heavy atom. The van der Waals surface area contributed by atoms with Gasteiger partial charge >= 0.3 is 0 Å². The molecule has 11 heavy (non-hydrogen) atoms. The maximum Gasteiger partial charge on any atom is 0.0259 e. The molecule has 0 fully saturated rings. The van der Waals surface area contributed by atoms with E-state index in [2.05, 4.69) is 30.7 Å². The fourth-order valence-electron chi connectivity index (χ4n) is 0.865. The molecule has 0 saturated heterocycles. The summed E-state index contributed by atoms with van der Waals surface area (Å²) < 4.78 is 0. The third-order valence-corrected chi connectivity index (χ3v) is 1.96. The molecule has 1 unspecified atom stereocenters. The molecule has 0 N–H and O–H groups in total. The fraction of sp³-hybridized carbons (Fsp3) is 0.800. The average Bonchev–Trinajstić information content (AvgIpc) is 2.01. The normalized spacial score (nSPS) is 11.6. The van der Waals surface area contributed by atoms with Crippen molar-refractivity contribution >= 4 is 0 Å². The van der Waals surface area contributed by atoms with Crippen LogP contribution in [-0.2, 0) is 0 Å². The SMILES string of the molecule is CC#CN(C)CCC(C)CC. The van der Waals surface area contributed by atoms with Crippen molar-refractivity contribution in [3.63, 3.8) is 0 Å². The molecule has 0 aliphatic heterocycles. The second kappa shape index (κ2) is 6.09. The largest absolute Gasteiger partial charge is 0.336 e. The van der Waals surface area contributed by atoms with Gasteiger partial charge in [0.25, 0.3) is 0 Å². The molecule has 0 spiro atoms. The van der Waals surface area contributed by atoms with E-state index in [-0.39, 0.29) is 0 Å². The second-order valence-electron chi connectivity index (χ2n) is 3.09. The van der Waals surface area contributed by atoms with E-state index in [0.717, 1.165) is 12.5 Å². The number of nitrogens with zero attached hydrogens (tertiary/aromatic N) is 1. The standard InChI is InChI=1S/C10H19N/c1-5-8-11(4)9-7-10(3)6-2/h10H,6-7,9H2,1-4H3. The summed E-state index contributed by atoms with van der Waals surface area (Å²) in [6.45, 7) is 7.49. The molecule has 0 aliphatic carbocycles. The summed E-state index contributed by atoms with van der Waals surface area (Å²) in [5.41, 5.74) is 0. The number of rotatable bonds is 4. The zero-order valence-electron chi connectivity index (χ0n) is 8.15. The predicted molar refractivity (Wildman–Crippen MR) is 50.2 cm³/mol. The minimum atomic E-state index is 0.830. The smallest absolute Gasteiger partial charge is 0.0259 e. The van der Waals surface area contributed by atoms with Gasteiger partial charge in [0.05, 0.1) is 0 Å². The van der Waals surface area contributed by atoms with Gasteiger partial charge in [0, 0.05) is 19.6 Å². The van der Waals surface area contributed by atoms with Crippen LogP contribution in [0.3, 0.4) is 0 Å². The summed E-state index contributed by atoms with van der Waals surface area (Å²) >= 11 is 0. The first kappa shape index (κ1) is 10.4. The molecule has 0 amide bonds. The molecule has 1 atom stereocenters. The van der Waals surface area contributed by atoms with Crippen LogP contribution in [0.1, 0.15) is 33.6 Å². The first-order valence-electron chi connectivity index (χ1n) is 4.34. The van der Waals surface area contributed by atoms with Crippen molar-refractivity contribution in [3.05, 3.63) is 0 Å². The molecule has 0 aromatic carbocycles. The second-order valence-corrected chi connectivity index (χ2v) is 3.09. The van der Waals surface area contributed by atoms with Crippen LogP contribution in [0.2, 0.25) is 0 Å². The van der Waals surface area contributed by atoms with E-state index in [0.29, 0.717) is 0 Å². The van der Waals surface area contributed by atoms with E-state index < -0.39 is 0 Å². The Balaban J connectivity index is 3.42. The van der Waals surface area contributed by atoms with Gasteiger partial charge in [0.15, 0.2) is 0 Å². The van der Waals surface area contributed by atoms with Gasteiger partial charge in [0.2, 0.25) is 0 Å². The Morgan fingerprint density at radius 1 is 1.45 bits per heavy atom. The van der Waals surface area contributed by atoms with Gasteiger partial charge in [-0.2, -0.15) is 0 Å². The lowest BCUT2D eigenvalue weighted by atomic mass is 10.1. The zero-order chi connectivity index (χ0) is 8.69. The zero-order valence-corrected chi connectivity index (χ0v) is 8.15. The summed E-state index contributed by atoms with van der Waals surface area (Å²) in [5, 5.41) is 0. The van der Waals surface area contributed by atoms with Crippen LogP contribution < -0.4 is 0 Å². The van der Waals surface area contributed by atoms with E-state index in [1.54, 1.807) is 0 Å². The van der Waals surface area contributed by atoms with Crippen LogP contribution in [-0.4, -0.2) is 18.5 Å². The summed E-state index contributed by atoms with van der Waals surface area (Å²) in [7, 11) is 2.04. The Kier molecular flexibility index (Phi) is 5.74. The van der Waals surface area contributed by atoms with Gasteiger partial charge in [-0.05, 0) is 19.3 Å². The van der Waals surface area contributed by atoms with Crippen molar-refractivity contribution < 1.29 is 0 Å². The van der Waals surface area contributed by atoms with E-state index in [1.165, 1.54) is 12.8 Å². The highest BCUT2D eigenvalue weighted by Crippen LogP contribution is 2.05. The van der Waals surface area contributed by atoms with Crippen LogP contribution in [0.5, 0.6) is 0 Å². The third-order valence-electron chi connectivity index (χ3n) is 1.96. The Morgan fingerprint density at radius 2 is 2.09 bits per heavy atom. The van der Waals surface area contributed by atoms with Crippen LogP contribution in [0.15, 0.2) is 0 Å². The fourth-order valence-corrected chi connectivity index (χ4v) is 0.865. The van der Waals surface area contributed by atoms with Crippen LogP contribution in [0.4, 0.5) is 0 Å². The Bertz CT molecular complexity index is 141. The lowest BCUT2D eigenvalue weighted by molar-refractivity contribution is 0.401. The molecule has 0 aromatic rings. The molecule has 0 heterocycles. The molecular weight excluding hydrogens is 134 g/mol. The molecule has 1 nitrogen and oxygen atoms in total. The van der Waals surface area contributed by atoms with Gasteiger partial charge in [-0.15, -0.1) is 0 Å². The van der Waals surface area contributed by atoms with Crippen LogP contribution in [0.25, 0.3) is 0 Å². The highest BCUT2D eigenvalue weighted by atomic mass is 15.1. The van der Waals surface area contributed by atoms with Crippen LogP contribution in [0, 0.1) is 17.9 Å². The average molecular weight is 153 g/mol. The van der Waals surface area contributed by atoms with Crippen molar-refractivity contribution in [2.75, 3.05) is 13.6 Å². The molecule has 0 saturated carbocycles. The van der Waals surface area contributed by atoms with E-state index in [9.17, 15) is 0 Å². The van der Waals surface area contributed by atoms with E-state index in [1.807, 2.05) is 14.0 Å². The summed E-state index contributed by atoms with van der Waals surface area (Å²) in [4.78, 5) is 2.06. The monoisotopic (exact) mass is 153 g/mol. The lowest BCUT2D eigenvalue weighted by Gasteiger charge is -2.13. The van der Waals surface area contributed by atoms with Crippen molar-refractivity contribution in [3.8, 4) is 12.0 Å². The van der Waals surface area contributed by atoms with Crippen molar-refractivity contribution in [2.24, 2.45) is 5.92 Å². The number of hydrogen-bond donors (Lipinski definition) is 0. The van der Waals surface area contributed by atoms with E-state index in [4.69, 9.17) is 0 Å². The van der Waals surface area contributed by atoms with Gasteiger partial charge in [-0.25, -0.2) is 0 Å². The third kappa shape index (κ3) is 5.79. The Labute approximate surface area is 70.8 Å². The molecule has 64 valence electrons. The van der Waals surface area contributed by atoms with Gasteiger partial charge in [0.1, 0.15) is 0 Å². The summed E-state index contributed by atoms with van der Waals surface area (Å²) in [5.74, 6) is 3.71. The van der Waals surface area contributed by atoms with Crippen molar-refractivity contribution in [2.45, 2.75) is 33.6 Å².